The molecule has 1 heterocycles. The number of nitro benzene ring substituents is 1. The van der Waals surface area contributed by atoms with Gasteiger partial charge in [-0.25, -0.2) is 9.97 Å². The van der Waals surface area contributed by atoms with Gasteiger partial charge in [0.15, 0.2) is 5.82 Å². The van der Waals surface area contributed by atoms with E-state index in [9.17, 15) is 10.1 Å². The van der Waals surface area contributed by atoms with Crippen LogP contribution in [0.15, 0.2) is 30.3 Å². The summed E-state index contributed by atoms with van der Waals surface area (Å²) in [5.41, 5.74) is 7.47. The number of nitrogen functional groups attached to an aromatic ring is 1. The van der Waals surface area contributed by atoms with Gasteiger partial charge in [-0.15, -0.1) is 0 Å². The molecule has 0 atom stereocenters. The molecular formula is C15H16N4O2. The van der Waals surface area contributed by atoms with Crippen molar-refractivity contribution in [2.24, 2.45) is 0 Å². The summed E-state index contributed by atoms with van der Waals surface area (Å²) in [6.45, 7) is 0. The Morgan fingerprint density at radius 1 is 1.19 bits per heavy atom. The van der Waals surface area contributed by atoms with Gasteiger partial charge in [0.25, 0.3) is 5.69 Å². The number of nitrogens with two attached hydrogens (primary N) is 1. The van der Waals surface area contributed by atoms with Gasteiger partial charge in [-0.1, -0.05) is 25.0 Å². The lowest BCUT2D eigenvalue weighted by molar-refractivity contribution is -0.384. The number of non-ortho nitro benzene ring substituents is 1. The standard InChI is InChI=1S/C15H16N4O2/c16-14-9-13(10-4-1-2-5-10)17-15(18-14)11-6-3-7-12(8-11)19(20)21/h3,6-10H,1-2,4-5H2,(H2,16,17,18). The van der Waals surface area contributed by atoms with Gasteiger partial charge in [0.2, 0.25) is 0 Å². The Balaban J connectivity index is 2.01. The predicted octanol–water partition coefficient (Wildman–Crippen LogP) is 3.29. The molecule has 1 aromatic heterocycles. The number of aromatic nitrogens is 2. The van der Waals surface area contributed by atoms with E-state index in [0.717, 1.165) is 18.5 Å². The molecule has 1 aliphatic rings. The van der Waals surface area contributed by atoms with Crippen LogP contribution in [-0.4, -0.2) is 14.9 Å². The molecule has 1 aliphatic carbocycles. The van der Waals surface area contributed by atoms with Crippen molar-refractivity contribution >= 4 is 11.5 Å². The molecule has 0 aliphatic heterocycles. The van der Waals surface area contributed by atoms with Gasteiger partial charge in [-0.3, -0.25) is 10.1 Å². The first-order chi connectivity index (χ1) is 10.1. The summed E-state index contributed by atoms with van der Waals surface area (Å²) in [6, 6.07) is 8.15. The monoisotopic (exact) mass is 284 g/mol. The van der Waals surface area contributed by atoms with E-state index in [2.05, 4.69) is 9.97 Å². The van der Waals surface area contributed by atoms with Gasteiger partial charge in [0.1, 0.15) is 5.82 Å². The lowest BCUT2D eigenvalue weighted by Gasteiger charge is -2.11. The highest BCUT2D eigenvalue weighted by Crippen LogP contribution is 2.34. The lowest BCUT2D eigenvalue weighted by Crippen LogP contribution is -2.03. The van der Waals surface area contributed by atoms with E-state index in [1.807, 2.05) is 6.07 Å². The highest BCUT2D eigenvalue weighted by atomic mass is 16.6. The SMILES string of the molecule is Nc1cc(C2CCCC2)nc(-c2cccc([N+](=O)[O-])c2)n1. The molecule has 108 valence electrons. The van der Waals surface area contributed by atoms with Crippen LogP contribution in [0.1, 0.15) is 37.3 Å². The molecule has 0 saturated heterocycles. The number of nitro groups is 1. The molecule has 3 rings (SSSR count). The number of rotatable bonds is 3. The van der Waals surface area contributed by atoms with E-state index >= 15 is 0 Å². The van der Waals surface area contributed by atoms with Crippen LogP contribution < -0.4 is 5.73 Å². The fourth-order valence-electron chi connectivity index (χ4n) is 2.80. The molecule has 1 aromatic carbocycles. The third kappa shape index (κ3) is 2.84. The quantitative estimate of drug-likeness (QED) is 0.689. The largest absolute Gasteiger partial charge is 0.384 e. The maximum atomic E-state index is 10.9. The Kier molecular flexibility index (Phi) is 3.51. The fourth-order valence-corrected chi connectivity index (χ4v) is 2.80. The lowest BCUT2D eigenvalue weighted by atomic mass is 10.0. The highest BCUT2D eigenvalue weighted by molar-refractivity contribution is 5.60. The van der Waals surface area contributed by atoms with Crippen molar-refractivity contribution in [3.63, 3.8) is 0 Å². The molecule has 2 aromatic rings. The summed E-state index contributed by atoms with van der Waals surface area (Å²) in [5.74, 6) is 1.29. The van der Waals surface area contributed by atoms with Crippen molar-refractivity contribution in [3.8, 4) is 11.4 Å². The van der Waals surface area contributed by atoms with Crippen LogP contribution in [0.5, 0.6) is 0 Å². The summed E-state index contributed by atoms with van der Waals surface area (Å²) < 4.78 is 0. The van der Waals surface area contributed by atoms with E-state index in [-0.39, 0.29) is 5.69 Å². The minimum Gasteiger partial charge on any atom is -0.384 e. The van der Waals surface area contributed by atoms with Crippen LogP contribution >= 0.6 is 0 Å². The zero-order valence-corrected chi connectivity index (χ0v) is 11.5. The van der Waals surface area contributed by atoms with E-state index in [4.69, 9.17) is 5.73 Å². The van der Waals surface area contributed by atoms with Crippen LogP contribution in [0.2, 0.25) is 0 Å². The second kappa shape index (κ2) is 5.47. The molecule has 0 bridgehead atoms. The molecular weight excluding hydrogens is 268 g/mol. The maximum absolute atomic E-state index is 10.9. The number of hydrogen-bond acceptors (Lipinski definition) is 5. The summed E-state index contributed by atoms with van der Waals surface area (Å²) in [4.78, 5) is 19.2. The van der Waals surface area contributed by atoms with Crippen LogP contribution in [-0.2, 0) is 0 Å². The summed E-state index contributed by atoms with van der Waals surface area (Å²) >= 11 is 0. The number of hydrogen-bond donors (Lipinski definition) is 1. The van der Waals surface area contributed by atoms with E-state index in [0.29, 0.717) is 23.1 Å². The normalized spacial score (nSPS) is 15.2. The van der Waals surface area contributed by atoms with Crippen molar-refractivity contribution in [1.82, 2.24) is 9.97 Å². The Labute approximate surface area is 122 Å². The third-order valence-corrected chi connectivity index (χ3v) is 3.85. The van der Waals surface area contributed by atoms with Crippen molar-refractivity contribution in [1.29, 1.82) is 0 Å². The number of anilines is 1. The Hall–Kier alpha value is -2.50. The summed E-state index contributed by atoms with van der Waals surface area (Å²) in [6.07, 6.45) is 4.65. The van der Waals surface area contributed by atoms with Crippen LogP contribution in [0.4, 0.5) is 11.5 Å². The van der Waals surface area contributed by atoms with E-state index < -0.39 is 4.92 Å². The van der Waals surface area contributed by atoms with Crippen molar-refractivity contribution in [2.45, 2.75) is 31.6 Å². The van der Waals surface area contributed by atoms with Crippen LogP contribution in [0.25, 0.3) is 11.4 Å². The highest BCUT2D eigenvalue weighted by Gasteiger charge is 2.20. The molecule has 1 fully saturated rings. The zero-order valence-electron chi connectivity index (χ0n) is 11.5. The second-order valence-corrected chi connectivity index (χ2v) is 5.33. The number of nitrogens with zero attached hydrogens (tertiary/aromatic N) is 3. The first kappa shape index (κ1) is 13.5. The molecule has 6 nitrogen and oxygen atoms in total. The first-order valence-corrected chi connectivity index (χ1v) is 7.03. The average Bonchev–Trinajstić information content (AvgIpc) is 3.01. The third-order valence-electron chi connectivity index (χ3n) is 3.85. The van der Waals surface area contributed by atoms with Gasteiger partial charge >= 0.3 is 0 Å². The van der Waals surface area contributed by atoms with Crippen LogP contribution in [0, 0.1) is 10.1 Å². The Morgan fingerprint density at radius 2 is 1.95 bits per heavy atom. The zero-order chi connectivity index (χ0) is 14.8. The average molecular weight is 284 g/mol. The van der Waals surface area contributed by atoms with Gasteiger partial charge in [0.05, 0.1) is 4.92 Å². The second-order valence-electron chi connectivity index (χ2n) is 5.33. The van der Waals surface area contributed by atoms with Crippen LogP contribution in [0.3, 0.4) is 0 Å². The molecule has 6 heteroatoms. The summed E-state index contributed by atoms with van der Waals surface area (Å²) in [5, 5.41) is 10.9. The van der Waals surface area contributed by atoms with E-state index in [1.54, 1.807) is 12.1 Å². The van der Waals surface area contributed by atoms with Crippen molar-refractivity contribution < 1.29 is 4.92 Å². The first-order valence-electron chi connectivity index (χ1n) is 7.03. The van der Waals surface area contributed by atoms with Gasteiger partial charge in [-0.2, -0.15) is 0 Å². The molecule has 0 radical (unpaired) electrons. The summed E-state index contributed by atoms with van der Waals surface area (Å²) in [7, 11) is 0. The molecule has 0 unspecified atom stereocenters. The van der Waals surface area contributed by atoms with Gasteiger partial charge < -0.3 is 5.73 Å². The van der Waals surface area contributed by atoms with Crippen molar-refractivity contribution in [3.05, 3.63) is 46.1 Å². The molecule has 0 spiro atoms. The Morgan fingerprint density at radius 3 is 2.67 bits per heavy atom. The molecule has 2 N–H and O–H groups in total. The minimum atomic E-state index is -0.423. The number of benzene rings is 1. The van der Waals surface area contributed by atoms with Gasteiger partial charge in [0, 0.05) is 35.4 Å². The van der Waals surface area contributed by atoms with Crippen molar-refractivity contribution in [2.75, 3.05) is 5.73 Å². The van der Waals surface area contributed by atoms with E-state index in [1.165, 1.54) is 25.0 Å². The smallest absolute Gasteiger partial charge is 0.270 e. The maximum Gasteiger partial charge on any atom is 0.270 e. The molecule has 1 saturated carbocycles. The molecule has 0 amide bonds. The molecule has 21 heavy (non-hydrogen) atoms. The minimum absolute atomic E-state index is 0.0286. The van der Waals surface area contributed by atoms with Gasteiger partial charge in [-0.05, 0) is 12.8 Å². The topological polar surface area (TPSA) is 94.9 Å². The predicted molar refractivity (Wildman–Crippen MR) is 79.7 cm³/mol. The Bertz CT molecular complexity index is 681. The fraction of sp³-hybridized carbons (Fsp3) is 0.333.